The van der Waals surface area contributed by atoms with Gasteiger partial charge in [0.05, 0.1) is 12.4 Å². The van der Waals surface area contributed by atoms with Gasteiger partial charge in [-0.1, -0.05) is 27.7 Å². The van der Waals surface area contributed by atoms with Gasteiger partial charge in [0.25, 0.3) is 0 Å². The molecular formula is C12H23N3O. The van der Waals surface area contributed by atoms with Crippen LogP contribution in [0, 0.1) is 5.92 Å². The molecule has 0 aromatic carbocycles. The molecule has 92 valence electrons. The van der Waals surface area contributed by atoms with Crippen LogP contribution in [0.1, 0.15) is 33.4 Å². The van der Waals surface area contributed by atoms with Crippen molar-refractivity contribution in [1.82, 2.24) is 9.55 Å². The fourth-order valence-corrected chi connectivity index (χ4v) is 1.34. The molecule has 0 radical (unpaired) electrons. The van der Waals surface area contributed by atoms with Crippen molar-refractivity contribution < 1.29 is 4.79 Å². The Morgan fingerprint density at radius 1 is 1.50 bits per heavy atom. The minimum atomic E-state index is -0.412. The van der Waals surface area contributed by atoms with Crippen LogP contribution in [0.15, 0.2) is 12.5 Å². The van der Waals surface area contributed by atoms with E-state index in [2.05, 4.69) is 4.98 Å². The highest BCUT2D eigenvalue weighted by molar-refractivity contribution is 5.85. The van der Waals surface area contributed by atoms with E-state index in [9.17, 15) is 4.79 Å². The van der Waals surface area contributed by atoms with Crippen molar-refractivity contribution in [3.63, 3.8) is 0 Å². The van der Waals surface area contributed by atoms with Crippen molar-refractivity contribution in [3.05, 3.63) is 18.2 Å². The highest BCUT2D eigenvalue weighted by Gasteiger charge is 2.18. The largest absolute Gasteiger partial charge is 0.338 e. The maximum Gasteiger partial charge on any atom is 0.152 e. The van der Waals surface area contributed by atoms with Gasteiger partial charge in [-0.05, 0) is 0 Å². The van der Waals surface area contributed by atoms with Gasteiger partial charge >= 0.3 is 0 Å². The van der Waals surface area contributed by atoms with Gasteiger partial charge in [-0.25, -0.2) is 4.98 Å². The predicted octanol–water partition coefficient (Wildman–Crippen LogP) is 1.54. The number of carbonyl (C=O) groups is 1. The average Bonchev–Trinajstić information content (AvgIpc) is 2.66. The van der Waals surface area contributed by atoms with Crippen LogP contribution in [-0.2, 0) is 18.3 Å². The Kier molecular flexibility index (Phi) is 6.65. The van der Waals surface area contributed by atoms with Gasteiger partial charge in [0.15, 0.2) is 5.78 Å². The standard InChI is InChI=1S/C10H17N3O.C2H6/c1-7(2)10(14)9(11)4-8-5-12-6-13(8)3;1-2/h5-7,9H,4,11H2,1-3H3;1-2H3. The molecule has 0 aliphatic rings. The number of rotatable bonds is 4. The van der Waals surface area contributed by atoms with Crippen molar-refractivity contribution in [3.8, 4) is 0 Å². The smallest absolute Gasteiger partial charge is 0.152 e. The second kappa shape index (κ2) is 7.17. The number of hydrogen-bond donors (Lipinski definition) is 1. The first kappa shape index (κ1) is 14.8. The summed E-state index contributed by atoms with van der Waals surface area (Å²) in [5.41, 5.74) is 6.78. The zero-order valence-electron chi connectivity index (χ0n) is 10.9. The molecule has 1 heterocycles. The molecule has 0 aliphatic carbocycles. The fraction of sp³-hybridized carbons (Fsp3) is 0.667. The molecule has 0 saturated carbocycles. The zero-order valence-corrected chi connectivity index (χ0v) is 10.9. The third kappa shape index (κ3) is 4.14. The Labute approximate surface area is 97.9 Å². The number of hydrogen-bond acceptors (Lipinski definition) is 3. The first-order valence-electron chi connectivity index (χ1n) is 5.77. The van der Waals surface area contributed by atoms with Gasteiger partial charge in [0.2, 0.25) is 0 Å². The fourth-order valence-electron chi connectivity index (χ4n) is 1.34. The molecular weight excluding hydrogens is 202 g/mol. The van der Waals surface area contributed by atoms with Crippen LogP contribution in [0.5, 0.6) is 0 Å². The summed E-state index contributed by atoms with van der Waals surface area (Å²) in [5.74, 6) is 0.101. The lowest BCUT2D eigenvalue weighted by atomic mass is 9.99. The van der Waals surface area contributed by atoms with Crippen LogP contribution in [0.2, 0.25) is 0 Å². The third-order valence-electron chi connectivity index (χ3n) is 2.28. The Bertz CT molecular complexity index is 318. The first-order valence-corrected chi connectivity index (χ1v) is 5.77. The van der Waals surface area contributed by atoms with Gasteiger partial charge in [0, 0.05) is 31.3 Å². The summed E-state index contributed by atoms with van der Waals surface area (Å²) in [4.78, 5) is 15.5. The Hall–Kier alpha value is -1.16. The highest BCUT2D eigenvalue weighted by Crippen LogP contribution is 2.05. The lowest BCUT2D eigenvalue weighted by molar-refractivity contribution is -0.123. The van der Waals surface area contributed by atoms with Crippen LogP contribution in [-0.4, -0.2) is 21.4 Å². The molecule has 0 saturated heterocycles. The molecule has 0 aliphatic heterocycles. The maximum atomic E-state index is 11.5. The van der Waals surface area contributed by atoms with Gasteiger partial charge in [-0.2, -0.15) is 0 Å². The minimum absolute atomic E-state index is 0.00164. The van der Waals surface area contributed by atoms with Gasteiger partial charge in [-0.15, -0.1) is 0 Å². The SMILES string of the molecule is CC.CC(C)C(=O)C(N)Cc1cncn1C. The topological polar surface area (TPSA) is 60.9 Å². The Balaban J connectivity index is 0.00000106. The molecule has 1 unspecified atom stereocenters. The number of aryl methyl sites for hydroxylation is 1. The van der Waals surface area contributed by atoms with Gasteiger partial charge in [-0.3, -0.25) is 4.79 Å². The molecule has 4 nitrogen and oxygen atoms in total. The highest BCUT2D eigenvalue weighted by atomic mass is 16.1. The van der Waals surface area contributed by atoms with Crippen LogP contribution < -0.4 is 5.73 Å². The van der Waals surface area contributed by atoms with E-state index in [0.29, 0.717) is 6.42 Å². The molecule has 1 rings (SSSR count). The third-order valence-corrected chi connectivity index (χ3v) is 2.28. The molecule has 1 aromatic heterocycles. The van der Waals surface area contributed by atoms with Crippen molar-refractivity contribution >= 4 is 5.78 Å². The summed E-state index contributed by atoms with van der Waals surface area (Å²) in [6.07, 6.45) is 4.02. The second-order valence-electron chi connectivity index (χ2n) is 3.86. The van der Waals surface area contributed by atoms with Crippen molar-refractivity contribution in [1.29, 1.82) is 0 Å². The monoisotopic (exact) mass is 225 g/mol. The number of nitrogens with zero attached hydrogens (tertiary/aromatic N) is 2. The van der Waals surface area contributed by atoms with E-state index in [1.807, 2.05) is 39.3 Å². The average molecular weight is 225 g/mol. The normalized spacial score (nSPS) is 11.9. The summed E-state index contributed by atoms with van der Waals surface area (Å²) >= 11 is 0. The number of carbonyl (C=O) groups excluding carboxylic acids is 1. The van der Waals surface area contributed by atoms with E-state index in [-0.39, 0.29) is 11.7 Å². The van der Waals surface area contributed by atoms with E-state index in [0.717, 1.165) is 5.69 Å². The van der Waals surface area contributed by atoms with Gasteiger partial charge < -0.3 is 10.3 Å². The van der Waals surface area contributed by atoms with E-state index < -0.39 is 6.04 Å². The summed E-state index contributed by atoms with van der Waals surface area (Å²) in [7, 11) is 1.90. The Morgan fingerprint density at radius 3 is 2.44 bits per heavy atom. The molecule has 16 heavy (non-hydrogen) atoms. The number of nitrogens with two attached hydrogens (primary N) is 1. The quantitative estimate of drug-likeness (QED) is 0.845. The second-order valence-corrected chi connectivity index (χ2v) is 3.86. The summed E-state index contributed by atoms with van der Waals surface area (Å²) in [5, 5.41) is 0. The molecule has 0 amide bonds. The van der Waals surface area contributed by atoms with Crippen LogP contribution >= 0.6 is 0 Å². The van der Waals surface area contributed by atoms with Crippen LogP contribution in [0.3, 0.4) is 0 Å². The zero-order chi connectivity index (χ0) is 12.7. The molecule has 1 atom stereocenters. The number of Topliss-reactive ketones (excluding diaryl/α,β-unsaturated/α-hetero) is 1. The van der Waals surface area contributed by atoms with Crippen molar-refractivity contribution in [2.75, 3.05) is 0 Å². The molecule has 2 N–H and O–H groups in total. The minimum Gasteiger partial charge on any atom is -0.338 e. The van der Waals surface area contributed by atoms with E-state index in [1.54, 1.807) is 12.5 Å². The van der Waals surface area contributed by atoms with Crippen LogP contribution in [0.25, 0.3) is 0 Å². The summed E-state index contributed by atoms with van der Waals surface area (Å²) in [6.45, 7) is 7.73. The summed E-state index contributed by atoms with van der Waals surface area (Å²) < 4.78 is 1.88. The molecule has 1 aromatic rings. The Morgan fingerprint density at radius 2 is 2.06 bits per heavy atom. The number of ketones is 1. The predicted molar refractivity (Wildman–Crippen MR) is 66.1 cm³/mol. The molecule has 4 heteroatoms. The van der Waals surface area contributed by atoms with Gasteiger partial charge in [0.1, 0.15) is 0 Å². The maximum absolute atomic E-state index is 11.5. The van der Waals surface area contributed by atoms with Crippen molar-refractivity contribution in [2.45, 2.75) is 40.2 Å². The summed E-state index contributed by atoms with van der Waals surface area (Å²) in [6, 6.07) is -0.412. The van der Waals surface area contributed by atoms with Crippen molar-refractivity contribution in [2.24, 2.45) is 18.7 Å². The lowest BCUT2D eigenvalue weighted by Gasteiger charge is -2.12. The first-order chi connectivity index (χ1) is 7.52. The number of aromatic nitrogens is 2. The molecule has 0 fully saturated rings. The van der Waals surface area contributed by atoms with E-state index in [1.165, 1.54) is 0 Å². The lowest BCUT2D eigenvalue weighted by Crippen LogP contribution is -2.36. The van der Waals surface area contributed by atoms with E-state index >= 15 is 0 Å². The number of imidazole rings is 1. The molecule has 0 spiro atoms. The van der Waals surface area contributed by atoms with Crippen LogP contribution in [0.4, 0.5) is 0 Å². The molecule has 0 bridgehead atoms. The van der Waals surface area contributed by atoms with E-state index in [4.69, 9.17) is 5.73 Å².